The van der Waals surface area contributed by atoms with Gasteiger partial charge in [-0.05, 0) is 38.0 Å². The Labute approximate surface area is 80.0 Å². The van der Waals surface area contributed by atoms with Crippen molar-refractivity contribution >= 4 is 8.32 Å². The van der Waals surface area contributed by atoms with Crippen molar-refractivity contribution in [3.63, 3.8) is 0 Å². The molecule has 2 atom stereocenters. The highest BCUT2D eigenvalue weighted by atomic mass is 28.4. The Bertz CT molecular complexity index is 220. The smallest absolute Gasteiger partial charge is 0.184 e. The Hall–Kier alpha value is -0.513. The van der Waals surface area contributed by atoms with Crippen LogP contribution in [-0.4, -0.2) is 20.5 Å². The predicted molar refractivity (Wildman–Crippen MR) is 55.0 cm³/mol. The van der Waals surface area contributed by atoms with Gasteiger partial charge in [0.2, 0.25) is 0 Å². The largest absolute Gasteiger partial charge is 0.414 e. The number of hydrogen-bond acceptors (Lipinski definition) is 2. The standard InChI is InChI=1S/C8H17N3OSi/c1-13(2,3)12-8-6-4-5-7(8)10-11-9/h7-8H,4-6H2,1-3H3. The summed E-state index contributed by atoms with van der Waals surface area (Å²) in [4.78, 5) is 2.86. The van der Waals surface area contributed by atoms with Crippen LogP contribution in [-0.2, 0) is 4.43 Å². The summed E-state index contributed by atoms with van der Waals surface area (Å²) in [5.41, 5.74) is 8.36. The summed E-state index contributed by atoms with van der Waals surface area (Å²) in [5, 5.41) is 3.77. The number of rotatable bonds is 3. The summed E-state index contributed by atoms with van der Waals surface area (Å²) in [5.74, 6) is 0. The fraction of sp³-hybridized carbons (Fsp3) is 1.00. The lowest BCUT2D eigenvalue weighted by Crippen LogP contribution is -2.35. The van der Waals surface area contributed by atoms with Gasteiger partial charge in [0, 0.05) is 4.91 Å². The van der Waals surface area contributed by atoms with E-state index in [0.29, 0.717) is 0 Å². The molecule has 0 aromatic heterocycles. The molecule has 13 heavy (non-hydrogen) atoms. The average Bonchev–Trinajstić information content (AvgIpc) is 2.34. The van der Waals surface area contributed by atoms with Crippen LogP contribution in [0, 0.1) is 0 Å². The Balaban J connectivity index is 2.53. The molecule has 0 aliphatic heterocycles. The molecule has 2 unspecified atom stereocenters. The summed E-state index contributed by atoms with van der Waals surface area (Å²) < 4.78 is 5.94. The third kappa shape index (κ3) is 3.38. The van der Waals surface area contributed by atoms with Gasteiger partial charge < -0.3 is 4.43 Å². The van der Waals surface area contributed by atoms with Gasteiger partial charge in [-0.25, -0.2) is 0 Å². The van der Waals surface area contributed by atoms with E-state index in [0.717, 1.165) is 19.3 Å². The van der Waals surface area contributed by atoms with Crippen molar-refractivity contribution in [1.29, 1.82) is 0 Å². The first-order chi connectivity index (χ1) is 6.03. The molecule has 0 bridgehead atoms. The van der Waals surface area contributed by atoms with Gasteiger partial charge in [-0.15, -0.1) is 0 Å². The van der Waals surface area contributed by atoms with Crippen LogP contribution >= 0.6 is 0 Å². The van der Waals surface area contributed by atoms with Crippen molar-refractivity contribution in [2.75, 3.05) is 0 Å². The van der Waals surface area contributed by atoms with Gasteiger partial charge in [-0.2, -0.15) is 0 Å². The lowest BCUT2D eigenvalue weighted by molar-refractivity contribution is 0.184. The number of azide groups is 1. The molecule has 1 rings (SSSR count). The first-order valence-electron chi connectivity index (χ1n) is 4.75. The topological polar surface area (TPSA) is 58.0 Å². The Kier molecular flexibility index (Phi) is 3.36. The lowest BCUT2D eigenvalue weighted by atomic mass is 10.2. The van der Waals surface area contributed by atoms with Gasteiger partial charge in [-0.1, -0.05) is 11.5 Å². The van der Waals surface area contributed by atoms with Crippen LogP contribution in [0.15, 0.2) is 5.11 Å². The molecular formula is C8H17N3OSi. The minimum absolute atomic E-state index is 0.0803. The summed E-state index contributed by atoms with van der Waals surface area (Å²) in [6.07, 6.45) is 3.34. The van der Waals surface area contributed by atoms with E-state index in [9.17, 15) is 0 Å². The van der Waals surface area contributed by atoms with Crippen LogP contribution in [0.25, 0.3) is 10.4 Å². The maximum absolute atomic E-state index is 8.36. The summed E-state index contributed by atoms with van der Waals surface area (Å²) in [7, 11) is -1.48. The predicted octanol–water partition coefficient (Wildman–Crippen LogP) is 3.07. The molecule has 0 aromatic rings. The Morgan fingerprint density at radius 2 is 2.08 bits per heavy atom. The van der Waals surface area contributed by atoms with E-state index < -0.39 is 8.32 Å². The van der Waals surface area contributed by atoms with E-state index in [1.165, 1.54) is 0 Å². The fourth-order valence-electron chi connectivity index (χ4n) is 1.70. The van der Waals surface area contributed by atoms with E-state index >= 15 is 0 Å². The molecule has 0 saturated heterocycles. The highest BCUT2D eigenvalue weighted by Crippen LogP contribution is 2.27. The maximum Gasteiger partial charge on any atom is 0.184 e. The molecule has 4 nitrogen and oxygen atoms in total. The summed E-state index contributed by atoms with van der Waals surface area (Å²) in [6, 6.07) is 0.0803. The molecule has 0 aromatic carbocycles. The zero-order chi connectivity index (χ0) is 9.90. The molecule has 0 heterocycles. The number of hydrogen-bond donors (Lipinski definition) is 0. The molecule has 0 radical (unpaired) electrons. The van der Waals surface area contributed by atoms with Crippen molar-refractivity contribution < 1.29 is 4.43 Å². The Morgan fingerprint density at radius 3 is 2.62 bits per heavy atom. The zero-order valence-electron chi connectivity index (χ0n) is 8.53. The highest BCUT2D eigenvalue weighted by Gasteiger charge is 2.31. The van der Waals surface area contributed by atoms with Gasteiger partial charge in [0.05, 0.1) is 12.1 Å². The SMILES string of the molecule is C[Si](C)(C)OC1CCCC1N=[N+]=[N-]. The van der Waals surface area contributed by atoms with Gasteiger partial charge >= 0.3 is 0 Å². The van der Waals surface area contributed by atoms with Crippen molar-refractivity contribution in [3.05, 3.63) is 10.4 Å². The first-order valence-corrected chi connectivity index (χ1v) is 8.16. The summed E-state index contributed by atoms with van der Waals surface area (Å²) >= 11 is 0. The molecule has 0 spiro atoms. The van der Waals surface area contributed by atoms with E-state index in [2.05, 4.69) is 29.7 Å². The fourth-order valence-corrected chi connectivity index (χ4v) is 2.88. The second-order valence-electron chi connectivity index (χ2n) is 4.47. The van der Waals surface area contributed by atoms with Crippen LogP contribution in [0.4, 0.5) is 0 Å². The minimum atomic E-state index is -1.48. The molecular weight excluding hydrogens is 182 g/mol. The van der Waals surface area contributed by atoms with E-state index in [4.69, 9.17) is 9.96 Å². The summed E-state index contributed by atoms with van der Waals surface area (Å²) in [6.45, 7) is 6.50. The van der Waals surface area contributed by atoms with Crippen molar-refractivity contribution in [3.8, 4) is 0 Å². The number of nitrogens with zero attached hydrogens (tertiary/aromatic N) is 3. The van der Waals surface area contributed by atoms with E-state index in [-0.39, 0.29) is 12.1 Å². The van der Waals surface area contributed by atoms with Crippen LogP contribution < -0.4 is 0 Å². The first kappa shape index (κ1) is 10.6. The molecule has 0 amide bonds. The van der Waals surface area contributed by atoms with Gasteiger partial charge in [0.1, 0.15) is 0 Å². The molecule has 1 aliphatic rings. The quantitative estimate of drug-likeness (QED) is 0.298. The van der Waals surface area contributed by atoms with Gasteiger partial charge in [0.15, 0.2) is 8.32 Å². The minimum Gasteiger partial charge on any atom is -0.414 e. The van der Waals surface area contributed by atoms with Crippen LogP contribution in [0.5, 0.6) is 0 Å². The molecule has 1 fully saturated rings. The van der Waals surface area contributed by atoms with Crippen molar-refractivity contribution in [1.82, 2.24) is 0 Å². The monoisotopic (exact) mass is 199 g/mol. The van der Waals surface area contributed by atoms with Crippen molar-refractivity contribution in [2.24, 2.45) is 5.11 Å². The second-order valence-corrected chi connectivity index (χ2v) is 8.93. The van der Waals surface area contributed by atoms with Crippen molar-refractivity contribution in [2.45, 2.75) is 51.0 Å². The zero-order valence-corrected chi connectivity index (χ0v) is 9.53. The van der Waals surface area contributed by atoms with Crippen LogP contribution in [0.2, 0.25) is 19.6 Å². The molecule has 74 valence electrons. The third-order valence-corrected chi connectivity index (χ3v) is 3.13. The van der Waals surface area contributed by atoms with Gasteiger partial charge in [-0.3, -0.25) is 0 Å². The second kappa shape index (κ2) is 4.13. The van der Waals surface area contributed by atoms with Crippen LogP contribution in [0.1, 0.15) is 19.3 Å². The third-order valence-electron chi connectivity index (χ3n) is 2.12. The highest BCUT2D eigenvalue weighted by molar-refractivity contribution is 6.69. The van der Waals surface area contributed by atoms with E-state index in [1.54, 1.807) is 0 Å². The molecule has 1 aliphatic carbocycles. The molecule has 1 saturated carbocycles. The molecule has 5 heteroatoms. The maximum atomic E-state index is 8.36. The van der Waals surface area contributed by atoms with Gasteiger partial charge in [0.25, 0.3) is 0 Å². The van der Waals surface area contributed by atoms with E-state index in [1.807, 2.05) is 0 Å². The lowest BCUT2D eigenvalue weighted by Gasteiger charge is -2.25. The average molecular weight is 199 g/mol. The molecule has 0 N–H and O–H groups in total. The Morgan fingerprint density at radius 1 is 1.38 bits per heavy atom. The van der Waals surface area contributed by atoms with Crippen LogP contribution in [0.3, 0.4) is 0 Å². The normalized spacial score (nSPS) is 28.5.